The summed E-state index contributed by atoms with van der Waals surface area (Å²) in [6, 6.07) is 0. The number of allylic oxidation sites excluding steroid dienone is 1. The van der Waals surface area contributed by atoms with E-state index >= 15 is 0 Å². The summed E-state index contributed by atoms with van der Waals surface area (Å²) >= 11 is 0. The minimum atomic E-state index is -4.65. The summed E-state index contributed by atoms with van der Waals surface area (Å²) in [7, 11) is -4.65. The van der Waals surface area contributed by atoms with E-state index in [-0.39, 0.29) is 51.3 Å². The van der Waals surface area contributed by atoms with Crippen LogP contribution in [0.15, 0.2) is 11.6 Å². The zero-order chi connectivity index (χ0) is 18.0. The molecule has 7 nitrogen and oxygen atoms in total. The number of carbonyl (C=O) groups is 1. The summed E-state index contributed by atoms with van der Waals surface area (Å²) in [5.74, 6) is 2.05. The average molecular weight is 427 g/mol. The molecule has 0 aromatic carbocycles. The maximum absolute atomic E-state index is 12.4. The van der Waals surface area contributed by atoms with Gasteiger partial charge in [0.2, 0.25) is 10.4 Å². The van der Waals surface area contributed by atoms with E-state index in [4.69, 9.17) is 4.18 Å². The van der Waals surface area contributed by atoms with Gasteiger partial charge in [0.15, 0.2) is 0 Å². The van der Waals surface area contributed by atoms with Gasteiger partial charge in [0.25, 0.3) is 0 Å². The number of carbonyl (C=O) groups excluding carboxylic acids is 1. The van der Waals surface area contributed by atoms with Gasteiger partial charge in [-0.15, -0.1) is 0 Å². The van der Waals surface area contributed by atoms with Crippen molar-refractivity contribution < 1.29 is 62.5 Å². The molecule has 0 radical (unpaired) electrons. The molecule has 4 aliphatic carbocycles. The van der Waals surface area contributed by atoms with E-state index in [2.05, 4.69) is 19.9 Å². The predicted molar refractivity (Wildman–Crippen MR) is 98.5 cm³/mol. The maximum Gasteiger partial charge on any atom is 1.00 e. The van der Waals surface area contributed by atoms with Crippen molar-refractivity contribution in [3.8, 4) is 0 Å². The summed E-state index contributed by atoms with van der Waals surface area (Å²) in [6.07, 6.45) is 8.55. The Morgan fingerprint density at radius 3 is 2.32 bits per heavy atom. The second kappa shape index (κ2) is 8.75. The molecule has 0 spiro atoms. The van der Waals surface area contributed by atoms with Crippen molar-refractivity contribution in [2.45, 2.75) is 71.3 Å². The molecule has 0 saturated heterocycles. The molecule has 4 N–H and O–H groups in total. The van der Waals surface area contributed by atoms with Crippen LogP contribution in [0.25, 0.3) is 0 Å². The molecular formula is C19H31NaO7S. The fraction of sp³-hybridized carbons (Fsp3) is 0.842. The van der Waals surface area contributed by atoms with Gasteiger partial charge < -0.3 is 15.5 Å². The third kappa shape index (κ3) is 4.17. The average Bonchev–Trinajstić information content (AvgIpc) is 2.82. The van der Waals surface area contributed by atoms with Crippen molar-refractivity contribution in [1.29, 1.82) is 0 Å². The summed E-state index contributed by atoms with van der Waals surface area (Å²) in [5.41, 5.74) is 1.20. The van der Waals surface area contributed by atoms with Crippen LogP contribution in [-0.2, 0) is 19.4 Å². The Morgan fingerprint density at radius 2 is 1.68 bits per heavy atom. The number of Topliss-reactive ketones (excluding diaryl/α,β-unsaturated/α-hetero) is 1. The monoisotopic (exact) mass is 426 g/mol. The first-order valence-corrected chi connectivity index (χ1v) is 10.8. The van der Waals surface area contributed by atoms with Crippen molar-refractivity contribution in [1.82, 2.24) is 0 Å². The van der Waals surface area contributed by atoms with Gasteiger partial charge in [-0.3, -0.25) is 8.98 Å². The maximum atomic E-state index is 12.4. The van der Waals surface area contributed by atoms with Gasteiger partial charge in [-0.05, 0) is 68.1 Å². The molecule has 4 unspecified atom stereocenters. The molecular weight excluding hydrogens is 395 g/mol. The number of fused-ring (bicyclic) bond motifs is 5. The van der Waals surface area contributed by atoms with Crippen LogP contribution in [0.1, 0.15) is 65.2 Å². The summed E-state index contributed by atoms with van der Waals surface area (Å²) in [6.45, 7) is 4.48. The zero-order valence-electron chi connectivity index (χ0n) is 17.0. The Kier molecular flexibility index (Phi) is 8.20. The Labute approximate surface area is 189 Å². The van der Waals surface area contributed by atoms with Gasteiger partial charge in [-0.25, -0.2) is 8.42 Å². The number of hydrogen-bond acceptors (Lipinski definition) is 5. The molecule has 28 heavy (non-hydrogen) atoms. The Morgan fingerprint density at radius 1 is 1.07 bits per heavy atom. The third-order valence-electron chi connectivity index (χ3n) is 8.02. The largest absolute Gasteiger partial charge is 1.00 e. The molecule has 4 rings (SSSR count). The van der Waals surface area contributed by atoms with Crippen LogP contribution in [0.4, 0.5) is 0 Å². The van der Waals surface area contributed by atoms with Gasteiger partial charge in [0.05, 0.1) is 6.10 Å². The van der Waals surface area contributed by atoms with E-state index < -0.39 is 16.5 Å². The quantitative estimate of drug-likeness (QED) is 0.233. The third-order valence-corrected chi connectivity index (χ3v) is 8.53. The first kappa shape index (κ1) is 26.2. The van der Waals surface area contributed by atoms with Crippen LogP contribution in [0.2, 0.25) is 0 Å². The molecule has 3 fully saturated rings. The molecule has 0 aromatic rings. The topological polar surface area (TPSA) is 146 Å². The van der Waals surface area contributed by atoms with E-state index in [1.807, 2.05) is 0 Å². The van der Waals surface area contributed by atoms with Gasteiger partial charge in [-0.2, -0.15) is 0 Å². The molecule has 6 atom stereocenters. The fourth-order valence-electron chi connectivity index (χ4n) is 6.65. The van der Waals surface area contributed by atoms with Crippen LogP contribution < -0.4 is 29.6 Å². The second-order valence-corrected chi connectivity index (χ2v) is 10.1. The molecule has 156 valence electrons. The summed E-state index contributed by atoms with van der Waals surface area (Å²) in [5, 5.41) is 0. The van der Waals surface area contributed by atoms with Crippen molar-refractivity contribution in [3.63, 3.8) is 0 Å². The van der Waals surface area contributed by atoms with Crippen molar-refractivity contribution in [2.24, 2.45) is 28.6 Å². The second-order valence-electron chi connectivity index (χ2n) is 9.05. The molecule has 0 bridgehead atoms. The van der Waals surface area contributed by atoms with Crippen LogP contribution >= 0.6 is 0 Å². The Hall–Kier alpha value is 0.200. The minimum absolute atomic E-state index is 0. The van der Waals surface area contributed by atoms with E-state index in [0.29, 0.717) is 36.4 Å². The van der Waals surface area contributed by atoms with Crippen LogP contribution in [-0.4, -0.2) is 35.8 Å². The molecule has 0 heterocycles. The SMILES string of the molecule is C[C@]12CCC(OS(=O)(=O)[O-])CC1=CCC1C2CC[C@]2(C)C(=O)CCC12.O.O.[Na+]. The van der Waals surface area contributed by atoms with E-state index in [1.165, 1.54) is 5.57 Å². The van der Waals surface area contributed by atoms with Gasteiger partial charge in [-0.1, -0.05) is 25.5 Å². The van der Waals surface area contributed by atoms with Crippen LogP contribution in [0.3, 0.4) is 0 Å². The predicted octanol–water partition coefficient (Wildman–Crippen LogP) is -1.28. The van der Waals surface area contributed by atoms with Gasteiger partial charge in [0, 0.05) is 11.8 Å². The molecule has 9 heteroatoms. The Bertz CT molecular complexity index is 737. The van der Waals surface area contributed by atoms with Gasteiger partial charge >= 0.3 is 29.6 Å². The Balaban J connectivity index is 0.00000131. The number of rotatable bonds is 2. The summed E-state index contributed by atoms with van der Waals surface area (Å²) in [4.78, 5) is 12.4. The van der Waals surface area contributed by atoms with E-state index in [0.717, 1.165) is 38.5 Å². The first-order chi connectivity index (χ1) is 11.6. The first-order valence-electron chi connectivity index (χ1n) is 9.50. The normalized spacial score (nSPS) is 41.8. The minimum Gasteiger partial charge on any atom is -0.726 e. The molecule has 0 amide bonds. The molecule has 3 saturated carbocycles. The fourth-order valence-corrected chi connectivity index (χ4v) is 7.14. The molecule has 0 aliphatic heterocycles. The van der Waals surface area contributed by atoms with Crippen molar-refractivity contribution in [3.05, 3.63) is 11.6 Å². The zero-order valence-corrected chi connectivity index (χ0v) is 19.8. The van der Waals surface area contributed by atoms with Gasteiger partial charge in [0.1, 0.15) is 5.78 Å². The van der Waals surface area contributed by atoms with Crippen molar-refractivity contribution >= 4 is 16.2 Å². The number of hydrogen-bond donors (Lipinski definition) is 0. The van der Waals surface area contributed by atoms with E-state index in [9.17, 15) is 17.8 Å². The summed E-state index contributed by atoms with van der Waals surface area (Å²) < 4.78 is 37.5. The van der Waals surface area contributed by atoms with E-state index in [1.54, 1.807) is 0 Å². The van der Waals surface area contributed by atoms with Crippen LogP contribution in [0, 0.1) is 28.6 Å². The smallest absolute Gasteiger partial charge is 0.726 e. The molecule has 0 aromatic heterocycles. The number of ketones is 1. The standard InChI is InChI=1S/C19H28O5S.Na.2H2O/c1-18-9-7-13(24-25(21,22)23)11-12(18)3-4-14-15-5-6-17(20)19(15,2)10-8-16(14)18;;;/h3,13-16H,4-11H2,1-2H3,(H,21,22,23);;2*1H2/q;+1;;/p-1/t13?,14?,15?,16?,18-,19-;;;/m0.../s1. The van der Waals surface area contributed by atoms with Crippen molar-refractivity contribution in [2.75, 3.05) is 0 Å². The van der Waals surface area contributed by atoms with Crippen LogP contribution in [0.5, 0.6) is 0 Å². The molecule has 4 aliphatic rings.